The zero-order valence-electron chi connectivity index (χ0n) is 11.7. The summed E-state index contributed by atoms with van der Waals surface area (Å²) in [5.74, 6) is 0.399. The molecule has 0 heterocycles. The van der Waals surface area contributed by atoms with Crippen LogP contribution in [-0.2, 0) is 11.3 Å². The van der Waals surface area contributed by atoms with E-state index in [1.165, 1.54) is 0 Å². The highest BCUT2D eigenvalue weighted by Gasteiger charge is 2.17. The van der Waals surface area contributed by atoms with Crippen molar-refractivity contribution in [1.82, 2.24) is 0 Å². The van der Waals surface area contributed by atoms with Gasteiger partial charge in [0.25, 0.3) is 5.91 Å². The fourth-order valence-corrected chi connectivity index (χ4v) is 2.34. The Morgan fingerprint density at radius 3 is 2.62 bits per heavy atom. The van der Waals surface area contributed by atoms with Crippen molar-refractivity contribution in [3.63, 3.8) is 0 Å². The molecule has 0 aliphatic heterocycles. The fraction of sp³-hybridized carbons (Fsp3) is 0.188. The lowest BCUT2D eigenvalue weighted by atomic mass is 10.2. The summed E-state index contributed by atoms with van der Waals surface area (Å²) >= 11 is 3.42. The van der Waals surface area contributed by atoms with Gasteiger partial charge in [0.2, 0.25) is 0 Å². The summed E-state index contributed by atoms with van der Waals surface area (Å²) in [5.41, 5.74) is 7.28. The van der Waals surface area contributed by atoms with Crippen molar-refractivity contribution in [2.24, 2.45) is 5.73 Å². The summed E-state index contributed by atoms with van der Waals surface area (Å²) in [5, 5.41) is 2.81. The Morgan fingerprint density at radius 1 is 1.24 bits per heavy atom. The summed E-state index contributed by atoms with van der Waals surface area (Å²) in [6.45, 7) is 2.06. The molecule has 1 amide bonds. The Labute approximate surface area is 132 Å². The number of halogens is 1. The second kappa shape index (κ2) is 7.24. The smallest absolute Gasteiger partial charge is 0.265 e. The van der Waals surface area contributed by atoms with Gasteiger partial charge in [-0.05, 0) is 41.1 Å². The number of ether oxygens (including phenoxy) is 1. The maximum atomic E-state index is 12.1. The van der Waals surface area contributed by atoms with Crippen molar-refractivity contribution >= 4 is 27.5 Å². The van der Waals surface area contributed by atoms with E-state index in [2.05, 4.69) is 21.2 Å². The second-order valence-corrected chi connectivity index (χ2v) is 5.40. The summed E-state index contributed by atoms with van der Waals surface area (Å²) in [6, 6.07) is 14.9. The molecule has 110 valence electrons. The molecule has 0 saturated heterocycles. The van der Waals surface area contributed by atoms with E-state index in [0.717, 1.165) is 15.7 Å². The second-order valence-electron chi connectivity index (χ2n) is 4.55. The quantitative estimate of drug-likeness (QED) is 0.870. The van der Waals surface area contributed by atoms with Crippen molar-refractivity contribution in [3.8, 4) is 5.75 Å². The van der Waals surface area contributed by atoms with Gasteiger partial charge in [-0.2, -0.15) is 0 Å². The van der Waals surface area contributed by atoms with Crippen molar-refractivity contribution < 1.29 is 9.53 Å². The van der Waals surface area contributed by atoms with Crippen LogP contribution in [0.1, 0.15) is 12.5 Å². The molecule has 0 aliphatic carbocycles. The number of nitrogens with one attached hydrogen (secondary N) is 1. The first kappa shape index (κ1) is 15.5. The van der Waals surface area contributed by atoms with Gasteiger partial charge in [-0.1, -0.05) is 30.3 Å². The third-order valence-corrected chi connectivity index (χ3v) is 3.60. The number of carbonyl (C=O) groups excluding carboxylic acids is 1. The van der Waals surface area contributed by atoms with Crippen LogP contribution in [0.3, 0.4) is 0 Å². The molecule has 2 aromatic carbocycles. The van der Waals surface area contributed by atoms with E-state index in [1.807, 2.05) is 48.5 Å². The topological polar surface area (TPSA) is 64.3 Å². The average Bonchev–Trinajstić information content (AvgIpc) is 2.50. The van der Waals surface area contributed by atoms with Gasteiger partial charge in [-0.15, -0.1) is 0 Å². The van der Waals surface area contributed by atoms with Crippen LogP contribution in [-0.4, -0.2) is 12.0 Å². The van der Waals surface area contributed by atoms with Gasteiger partial charge in [0, 0.05) is 17.8 Å². The third-order valence-electron chi connectivity index (χ3n) is 2.97. The van der Waals surface area contributed by atoms with E-state index in [4.69, 9.17) is 10.5 Å². The average molecular weight is 349 g/mol. The first-order chi connectivity index (χ1) is 10.1. The molecule has 0 fully saturated rings. The number of anilines is 1. The summed E-state index contributed by atoms with van der Waals surface area (Å²) < 4.78 is 6.54. The van der Waals surface area contributed by atoms with Gasteiger partial charge in [0.1, 0.15) is 5.75 Å². The Balaban J connectivity index is 2.08. The Kier molecular flexibility index (Phi) is 5.36. The number of rotatable bonds is 5. The predicted molar refractivity (Wildman–Crippen MR) is 87.2 cm³/mol. The predicted octanol–water partition coefficient (Wildman–Crippen LogP) is 3.31. The van der Waals surface area contributed by atoms with Crippen molar-refractivity contribution in [2.75, 3.05) is 5.32 Å². The van der Waals surface area contributed by atoms with Crippen molar-refractivity contribution in [3.05, 3.63) is 58.6 Å². The highest BCUT2D eigenvalue weighted by molar-refractivity contribution is 9.10. The third kappa shape index (κ3) is 4.06. The summed E-state index contributed by atoms with van der Waals surface area (Å²) in [4.78, 5) is 12.1. The number of hydrogen-bond acceptors (Lipinski definition) is 3. The van der Waals surface area contributed by atoms with Crippen LogP contribution in [0.15, 0.2) is 53.0 Å². The van der Waals surface area contributed by atoms with Crippen LogP contribution < -0.4 is 15.8 Å². The SMILES string of the molecule is CC(Oc1c(Br)cccc1CN)C(=O)Nc1ccccc1. The fourth-order valence-electron chi connectivity index (χ4n) is 1.84. The van der Waals surface area contributed by atoms with Crippen LogP contribution in [0, 0.1) is 0 Å². The highest BCUT2D eigenvalue weighted by atomic mass is 79.9. The largest absolute Gasteiger partial charge is 0.479 e. The summed E-state index contributed by atoms with van der Waals surface area (Å²) in [7, 11) is 0. The summed E-state index contributed by atoms with van der Waals surface area (Å²) in [6.07, 6.45) is -0.630. The molecular weight excluding hydrogens is 332 g/mol. The van der Waals surface area contributed by atoms with E-state index in [0.29, 0.717) is 12.3 Å². The molecule has 1 atom stereocenters. The van der Waals surface area contributed by atoms with Gasteiger partial charge in [0.15, 0.2) is 6.10 Å². The van der Waals surface area contributed by atoms with Crippen LogP contribution in [0.4, 0.5) is 5.69 Å². The number of carbonyl (C=O) groups is 1. The van der Waals surface area contributed by atoms with Gasteiger partial charge < -0.3 is 15.8 Å². The van der Waals surface area contributed by atoms with Gasteiger partial charge in [-0.3, -0.25) is 4.79 Å². The number of nitrogens with two attached hydrogens (primary N) is 1. The van der Waals surface area contributed by atoms with Gasteiger partial charge in [-0.25, -0.2) is 0 Å². The first-order valence-electron chi connectivity index (χ1n) is 6.62. The molecule has 0 aromatic heterocycles. The minimum atomic E-state index is -0.630. The molecule has 0 saturated carbocycles. The molecule has 21 heavy (non-hydrogen) atoms. The maximum absolute atomic E-state index is 12.1. The van der Waals surface area contributed by atoms with Crippen molar-refractivity contribution in [1.29, 1.82) is 0 Å². The minimum absolute atomic E-state index is 0.208. The number of para-hydroxylation sites is 2. The lowest BCUT2D eigenvalue weighted by Gasteiger charge is -2.18. The van der Waals surface area contributed by atoms with Crippen molar-refractivity contribution in [2.45, 2.75) is 19.6 Å². The maximum Gasteiger partial charge on any atom is 0.265 e. The molecule has 4 nitrogen and oxygen atoms in total. The van der Waals surface area contributed by atoms with Gasteiger partial charge >= 0.3 is 0 Å². The lowest BCUT2D eigenvalue weighted by molar-refractivity contribution is -0.122. The molecule has 5 heteroatoms. The molecule has 0 radical (unpaired) electrons. The van der Waals surface area contributed by atoms with Gasteiger partial charge in [0.05, 0.1) is 4.47 Å². The Bertz CT molecular complexity index is 617. The van der Waals surface area contributed by atoms with Crippen LogP contribution >= 0.6 is 15.9 Å². The molecule has 2 rings (SSSR count). The molecule has 2 aromatic rings. The van der Waals surface area contributed by atoms with Crippen LogP contribution in [0.25, 0.3) is 0 Å². The zero-order chi connectivity index (χ0) is 15.2. The molecular formula is C16H17BrN2O2. The lowest BCUT2D eigenvalue weighted by Crippen LogP contribution is -2.30. The van der Waals surface area contributed by atoms with E-state index in [-0.39, 0.29) is 5.91 Å². The molecule has 3 N–H and O–H groups in total. The van der Waals surface area contributed by atoms with E-state index in [9.17, 15) is 4.79 Å². The van der Waals surface area contributed by atoms with E-state index < -0.39 is 6.10 Å². The Morgan fingerprint density at radius 2 is 1.95 bits per heavy atom. The molecule has 1 unspecified atom stereocenters. The first-order valence-corrected chi connectivity index (χ1v) is 7.41. The molecule has 0 spiro atoms. The number of benzene rings is 2. The van der Waals surface area contributed by atoms with E-state index >= 15 is 0 Å². The van der Waals surface area contributed by atoms with E-state index in [1.54, 1.807) is 6.92 Å². The highest BCUT2D eigenvalue weighted by Crippen LogP contribution is 2.29. The zero-order valence-corrected chi connectivity index (χ0v) is 13.3. The van der Waals surface area contributed by atoms with Crippen LogP contribution in [0.5, 0.6) is 5.75 Å². The molecule has 0 aliphatic rings. The normalized spacial score (nSPS) is 11.8. The number of amides is 1. The monoisotopic (exact) mass is 348 g/mol. The minimum Gasteiger partial charge on any atom is -0.479 e. The van der Waals surface area contributed by atoms with Crippen LogP contribution in [0.2, 0.25) is 0 Å². The standard InChI is InChI=1S/C16H17BrN2O2/c1-11(16(20)19-13-7-3-2-4-8-13)21-15-12(10-18)6-5-9-14(15)17/h2-9,11H,10,18H2,1H3,(H,19,20). The molecule has 0 bridgehead atoms. The number of hydrogen-bond donors (Lipinski definition) is 2. The Hall–Kier alpha value is -1.85.